The van der Waals surface area contributed by atoms with E-state index >= 15 is 0 Å². The molecule has 1 aromatic carbocycles. The van der Waals surface area contributed by atoms with Gasteiger partial charge in [0.25, 0.3) is 0 Å². The standard InChI is InChI=1S/C8H6BrNO5/c1-15-7-5(9)2-4(8(11)12)3-6(7)10(13)14/h2-3H,1H3,(H,11,12). The van der Waals surface area contributed by atoms with Crippen molar-refractivity contribution < 1.29 is 19.6 Å². The summed E-state index contributed by atoms with van der Waals surface area (Å²) in [4.78, 5) is 20.6. The van der Waals surface area contributed by atoms with E-state index in [1.165, 1.54) is 13.2 Å². The van der Waals surface area contributed by atoms with Crippen molar-refractivity contribution in [3.05, 3.63) is 32.3 Å². The number of benzene rings is 1. The lowest BCUT2D eigenvalue weighted by Crippen LogP contribution is -2.01. The summed E-state index contributed by atoms with van der Waals surface area (Å²) in [5.41, 5.74) is -0.557. The summed E-state index contributed by atoms with van der Waals surface area (Å²) in [7, 11) is 1.27. The smallest absolute Gasteiger partial charge is 0.335 e. The van der Waals surface area contributed by atoms with E-state index in [1.54, 1.807) is 0 Å². The van der Waals surface area contributed by atoms with Crippen molar-refractivity contribution in [1.29, 1.82) is 0 Å². The number of carboxylic acids is 1. The van der Waals surface area contributed by atoms with Crippen LogP contribution in [-0.2, 0) is 0 Å². The van der Waals surface area contributed by atoms with E-state index in [0.717, 1.165) is 6.07 Å². The third-order valence-electron chi connectivity index (χ3n) is 1.67. The van der Waals surface area contributed by atoms with Gasteiger partial charge in [-0.2, -0.15) is 0 Å². The van der Waals surface area contributed by atoms with Crippen molar-refractivity contribution in [3.8, 4) is 5.75 Å². The first-order chi connectivity index (χ1) is 6.97. The van der Waals surface area contributed by atoms with Gasteiger partial charge in [0.05, 0.1) is 22.1 Å². The molecule has 0 fully saturated rings. The number of halogens is 1. The number of aromatic carboxylic acids is 1. The fourth-order valence-electron chi connectivity index (χ4n) is 1.04. The number of ether oxygens (including phenoxy) is 1. The van der Waals surface area contributed by atoms with Crippen LogP contribution < -0.4 is 4.74 Å². The van der Waals surface area contributed by atoms with Gasteiger partial charge in [-0.15, -0.1) is 0 Å². The normalized spacial score (nSPS) is 9.73. The Labute approximate surface area is 92.8 Å². The first kappa shape index (κ1) is 11.4. The summed E-state index contributed by atoms with van der Waals surface area (Å²) in [5, 5.41) is 19.3. The minimum Gasteiger partial charge on any atom is -0.489 e. The molecule has 0 bridgehead atoms. The van der Waals surface area contributed by atoms with Gasteiger partial charge in [-0.25, -0.2) is 4.79 Å². The summed E-state index contributed by atoms with van der Waals surface area (Å²) < 4.78 is 5.02. The number of rotatable bonds is 3. The van der Waals surface area contributed by atoms with Crippen LogP contribution >= 0.6 is 15.9 Å². The monoisotopic (exact) mass is 275 g/mol. The lowest BCUT2D eigenvalue weighted by molar-refractivity contribution is -0.385. The molecule has 0 heterocycles. The summed E-state index contributed by atoms with van der Waals surface area (Å²) in [6.45, 7) is 0. The number of nitrogens with zero attached hydrogens (tertiary/aromatic N) is 1. The average Bonchev–Trinajstić information content (AvgIpc) is 2.16. The van der Waals surface area contributed by atoms with Gasteiger partial charge in [0.1, 0.15) is 0 Å². The van der Waals surface area contributed by atoms with E-state index in [4.69, 9.17) is 9.84 Å². The van der Waals surface area contributed by atoms with Crippen LogP contribution in [-0.4, -0.2) is 23.1 Å². The molecule has 0 saturated carbocycles. The predicted molar refractivity (Wildman–Crippen MR) is 54.3 cm³/mol. The molecule has 0 aromatic heterocycles. The molecule has 0 aliphatic rings. The van der Waals surface area contributed by atoms with Gasteiger partial charge >= 0.3 is 11.7 Å². The molecule has 0 radical (unpaired) electrons. The van der Waals surface area contributed by atoms with Crippen molar-refractivity contribution in [2.75, 3.05) is 7.11 Å². The highest BCUT2D eigenvalue weighted by atomic mass is 79.9. The van der Waals surface area contributed by atoms with E-state index in [-0.39, 0.29) is 21.5 Å². The summed E-state index contributed by atoms with van der Waals surface area (Å²) >= 11 is 3.00. The van der Waals surface area contributed by atoms with Crippen molar-refractivity contribution in [2.24, 2.45) is 0 Å². The molecule has 7 heteroatoms. The topological polar surface area (TPSA) is 89.7 Å². The highest BCUT2D eigenvalue weighted by Gasteiger charge is 2.21. The quantitative estimate of drug-likeness (QED) is 0.674. The van der Waals surface area contributed by atoms with E-state index in [0.29, 0.717) is 0 Å². The van der Waals surface area contributed by atoms with E-state index in [2.05, 4.69) is 15.9 Å². The lowest BCUT2D eigenvalue weighted by Gasteiger charge is -2.05. The molecule has 1 rings (SSSR count). The average molecular weight is 276 g/mol. The maximum absolute atomic E-state index is 10.6. The van der Waals surface area contributed by atoms with Gasteiger partial charge in [0, 0.05) is 6.07 Å². The zero-order valence-corrected chi connectivity index (χ0v) is 9.15. The molecule has 0 atom stereocenters. The second kappa shape index (κ2) is 4.26. The van der Waals surface area contributed by atoms with Crippen LogP contribution in [0.1, 0.15) is 10.4 Å². The van der Waals surface area contributed by atoms with E-state index < -0.39 is 10.9 Å². The zero-order chi connectivity index (χ0) is 11.6. The predicted octanol–water partition coefficient (Wildman–Crippen LogP) is 2.06. The molecule has 0 amide bonds. The Bertz CT molecular complexity index is 431. The molecule has 80 valence electrons. The lowest BCUT2D eigenvalue weighted by atomic mass is 10.2. The Morgan fingerprint density at radius 2 is 2.20 bits per heavy atom. The second-order valence-electron chi connectivity index (χ2n) is 2.57. The largest absolute Gasteiger partial charge is 0.489 e. The maximum Gasteiger partial charge on any atom is 0.335 e. The molecular weight excluding hydrogens is 270 g/mol. The Morgan fingerprint density at radius 1 is 1.60 bits per heavy atom. The van der Waals surface area contributed by atoms with Gasteiger partial charge in [-0.1, -0.05) is 0 Å². The van der Waals surface area contributed by atoms with Crippen LogP contribution in [0.2, 0.25) is 0 Å². The van der Waals surface area contributed by atoms with Gasteiger partial charge in [-0.3, -0.25) is 10.1 Å². The second-order valence-corrected chi connectivity index (χ2v) is 3.43. The SMILES string of the molecule is COc1c(Br)cc(C(=O)O)cc1[N+](=O)[O-]. The number of carbonyl (C=O) groups is 1. The minimum atomic E-state index is -1.23. The number of hydrogen-bond donors (Lipinski definition) is 1. The van der Waals surface area contributed by atoms with E-state index in [1.807, 2.05) is 0 Å². The molecule has 0 aliphatic heterocycles. The molecule has 0 aliphatic carbocycles. The van der Waals surface area contributed by atoms with Gasteiger partial charge in [0.2, 0.25) is 5.75 Å². The summed E-state index contributed by atoms with van der Waals surface area (Å²) in [6.07, 6.45) is 0. The number of carboxylic acid groups (broad SMARTS) is 1. The molecular formula is C8H6BrNO5. The molecule has 0 unspecified atom stereocenters. The van der Waals surface area contributed by atoms with Crippen LogP contribution in [0, 0.1) is 10.1 Å². The van der Waals surface area contributed by atoms with Gasteiger partial charge in [-0.05, 0) is 22.0 Å². The molecule has 1 aromatic rings. The van der Waals surface area contributed by atoms with Crippen molar-refractivity contribution in [2.45, 2.75) is 0 Å². The maximum atomic E-state index is 10.6. The fraction of sp³-hybridized carbons (Fsp3) is 0.125. The third-order valence-corrected chi connectivity index (χ3v) is 2.26. The Morgan fingerprint density at radius 3 is 2.60 bits per heavy atom. The summed E-state index contributed by atoms with van der Waals surface area (Å²) in [6, 6.07) is 2.19. The number of nitro benzene ring substituents is 1. The first-order valence-corrected chi connectivity index (χ1v) is 4.52. The molecule has 6 nitrogen and oxygen atoms in total. The first-order valence-electron chi connectivity index (χ1n) is 3.72. The highest BCUT2D eigenvalue weighted by Crippen LogP contribution is 2.35. The molecule has 15 heavy (non-hydrogen) atoms. The van der Waals surface area contributed by atoms with Crippen molar-refractivity contribution in [3.63, 3.8) is 0 Å². The van der Waals surface area contributed by atoms with Crippen LogP contribution in [0.4, 0.5) is 5.69 Å². The number of hydrogen-bond acceptors (Lipinski definition) is 4. The number of methoxy groups -OCH3 is 1. The van der Waals surface area contributed by atoms with Gasteiger partial charge in [0.15, 0.2) is 0 Å². The minimum absolute atomic E-state index is 0.00463. The van der Waals surface area contributed by atoms with Crippen LogP contribution in [0.25, 0.3) is 0 Å². The fourth-order valence-corrected chi connectivity index (χ4v) is 1.65. The van der Waals surface area contributed by atoms with Crippen LogP contribution in [0.3, 0.4) is 0 Å². The number of nitro groups is 1. The Hall–Kier alpha value is -1.63. The Kier molecular flexibility index (Phi) is 3.25. The molecule has 1 N–H and O–H groups in total. The molecule has 0 spiro atoms. The van der Waals surface area contributed by atoms with Crippen LogP contribution in [0.15, 0.2) is 16.6 Å². The van der Waals surface area contributed by atoms with Crippen molar-refractivity contribution in [1.82, 2.24) is 0 Å². The summed E-state index contributed by atoms with van der Waals surface area (Å²) in [5.74, 6) is -1.23. The van der Waals surface area contributed by atoms with Crippen LogP contribution in [0.5, 0.6) is 5.75 Å². The van der Waals surface area contributed by atoms with Gasteiger partial charge < -0.3 is 9.84 Å². The molecule has 0 saturated heterocycles. The Balaban J connectivity index is 3.45. The van der Waals surface area contributed by atoms with E-state index in [9.17, 15) is 14.9 Å². The van der Waals surface area contributed by atoms with Crippen molar-refractivity contribution >= 4 is 27.6 Å². The highest BCUT2D eigenvalue weighted by molar-refractivity contribution is 9.10. The zero-order valence-electron chi connectivity index (χ0n) is 7.56. The third kappa shape index (κ3) is 2.24.